The minimum absolute atomic E-state index is 0.00854. The van der Waals surface area contributed by atoms with Gasteiger partial charge in [0, 0.05) is 13.1 Å². The zero-order chi connectivity index (χ0) is 20.5. The number of aryl methyl sites for hydroxylation is 1. The highest BCUT2D eigenvalue weighted by Crippen LogP contribution is 2.16. The first kappa shape index (κ1) is 21.4. The zero-order valence-electron chi connectivity index (χ0n) is 16.6. The molecule has 2 amide bonds. The van der Waals surface area contributed by atoms with Crippen molar-refractivity contribution >= 4 is 11.8 Å². The lowest BCUT2D eigenvalue weighted by Crippen LogP contribution is -2.49. The quantitative estimate of drug-likeness (QED) is 0.718. The lowest BCUT2D eigenvalue weighted by atomic mass is 10.1. The number of halogens is 1. The van der Waals surface area contributed by atoms with Gasteiger partial charge in [0.15, 0.2) is 18.2 Å². The molecule has 2 aromatic carbocycles. The minimum atomic E-state index is -0.676. The standard InChI is InChI=1S/C22H27FN2O3/c1-4-13-24-22(27)17(3)25(14-18-11-9-16(2)10-12-18)21(26)15-28-20-8-6-5-7-19(20)23/h5-12,17H,4,13-15H2,1-3H3,(H,24,27). The van der Waals surface area contributed by atoms with E-state index in [1.807, 2.05) is 38.1 Å². The number of hydrogen-bond donors (Lipinski definition) is 1. The smallest absolute Gasteiger partial charge is 0.261 e. The van der Waals surface area contributed by atoms with Gasteiger partial charge in [-0.05, 0) is 38.0 Å². The molecule has 0 aromatic heterocycles. The first-order chi connectivity index (χ1) is 13.4. The SMILES string of the molecule is CCCNC(=O)C(C)N(Cc1ccc(C)cc1)C(=O)COc1ccccc1F. The normalized spacial score (nSPS) is 11.6. The van der Waals surface area contributed by atoms with Gasteiger partial charge in [0.1, 0.15) is 6.04 Å². The van der Waals surface area contributed by atoms with E-state index in [0.29, 0.717) is 6.54 Å². The molecule has 0 bridgehead atoms. The number of nitrogens with zero attached hydrogens (tertiary/aromatic N) is 1. The van der Waals surface area contributed by atoms with Crippen molar-refractivity contribution in [3.63, 3.8) is 0 Å². The number of benzene rings is 2. The van der Waals surface area contributed by atoms with Gasteiger partial charge in [0.2, 0.25) is 5.91 Å². The van der Waals surface area contributed by atoms with Crippen LogP contribution in [0.1, 0.15) is 31.4 Å². The second-order valence-electron chi connectivity index (χ2n) is 6.69. The summed E-state index contributed by atoms with van der Waals surface area (Å²) in [6.45, 7) is 6.08. The van der Waals surface area contributed by atoms with E-state index in [1.165, 1.54) is 17.0 Å². The summed E-state index contributed by atoms with van der Waals surface area (Å²) in [5.74, 6) is -1.14. The molecule has 6 heteroatoms. The average Bonchev–Trinajstić information content (AvgIpc) is 2.70. The molecule has 28 heavy (non-hydrogen) atoms. The van der Waals surface area contributed by atoms with Crippen LogP contribution in [0.5, 0.6) is 5.75 Å². The van der Waals surface area contributed by atoms with Crippen LogP contribution in [0.4, 0.5) is 4.39 Å². The Bertz CT molecular complexity index is 793. The lowest BCUT2D eigenvalue weighted by molar-refractivity contribution is -0.142. The highest BCUT2D eigenvalue weighted by molar-refractivity contribution is 5.87. The van der Waals surface area contributed by atoms with E-state index in [2.05, 4.69) is 5.32 Å². The Morgan fingerprint density at radius 3 is 2.46 bits per heavy atom. The molecule has 150 valence electrons. The summed E-state index contributed by atoms with van der Waals surface area (Å²) in [5.41, 5.74) is 2.01. The monoisotopic (exact) mass is 386 g/mol. The Morgan fingerprint density at radius 1 is 1.14 bits per heavy atom. The van der Waals surface area contributed by atoms with E-state index in [0.717, 1.165) is 17.5 Å². The Kier molecular flexibility index (Phi) is 7.99. The summed E-state index contributed by atoms with van der Waals surface area (Å²) >= 11 is 0. The van der Waals surface area contributed by atoms with Gasteiger partial charge in [-0.15, -0.1) is 0 Å². The third-order valence-electron chi connectivity index (χ3n) is 4.38. The molecule has 1 N–H and O–H groups in total. The van der Waals surface area contributed by atoms with Gasteiger partial charge in [-0.1, -0.05) is 48.9 Å². The molecule has 0 saturated carbocycles. The van der Waals surface area contributed by atoms with Crippen molar-refractivity contribution in [2.24, 2.45) is 0 Å². The Hall–Kier alpha value is -2.89. The van der Waals surface area contributed by atoms with Crippen molar-refractivity contribution in [2.75, 3.05) is 13.2 Å². The Balaban J connectivity index is 2.13. The van der Waals surface area contributed by atoms with Crippen LogP contribution in [0, 0.1) is 12.7 Å². The number of rotatable bonds is 9. The Labute approximate surface area is 165 Å². The number of hydrogen-bond acceptors (Lipinski definition) is 3. The van der Waals surface area contributed by atoms with Crippen molar-refractivity contribution in [2.45, 2.75) is 39.8 Å². The third-order valence-corrected chi connectivity index (χ3v) is 4.38. The van der Waals surface area contributed by atoms with E-state index < -0.39 is 11.9 Å². The number of nitrogens with one attached hydrogen (secondary N) is 1. The number of carbonyl (C=O) groups is 2. The maximum Gasteiger partial charge on any atom is 0.261 e. The number of amides is 2. The van der Waals surface area contributed by atoms with Gasteiger partial charge >= 0.3 is 0 Å². The molecule has 1 unspecified atom stereocenters. The van der Waals surface area contributed by atoms with Gasteiger partial charge in [0.25, 0.3) is 5.91 Å². The van der Waals surface area contributed by atoms with E-state index >= 15 is 0 Å². The van der Waals surface area contributed by atoms with Crippen LogP contribution in [-0.2, 0) is 16.1 Å². The van der Waals surface area contributed by atoms with Crippen molar-refractivity contribution in [1.82, 2.24) is 10.2 Å². The fourth-order valence-electron chi connectivity index (χ4n) is 2.65. The molecule has 0 aliphatic rings. The van der Waals surface area contributed by atoms with Gasteiger partial charge in [-0.25, -0.2) is 4.39 Å². The molecule has 0 aliphatic heterocycles. The summed E-state index contributed by atoms with van der Waals surface area (Å²) in [7, 11) is 0. The molecule has 1 atom stereocenters. The third kappa shape index (κ3) is 6.08. The van der Waals surface area contributed by atoms with Gasteiger partial charge in [-0.2, -0.15) is 0 Å². The predicted octanol–water partition coefficient (Wildman–Crippen LogP) is 3.46. The first-order valence-electron chi connectivity index (χ1n) is 9.42. The summed E-state index contributed by atoms with van der Waals surface area (Å²) < 4.78 is 19.1. The summed E-state index contributed by atoms with van der Waals surface area (Å²) in [5, 5.41) is 2.81. The van der Waals surface area contributed by atoms with Crippen molar-refractivity contribution < 1.29 is 18.7 Å². The molecule has 0 radical (unpaired) electrons. The Morgan fingerprint density at radius 2 is 1.82 bits per heavy atom. The summed E-state index contributed by atoms with van der Waals surface area (Å²) in [4.78, 5) is 26.7. The van der Waals surface area contributed by atoms with Crippen LogP contribution < -0.4 is 10.1 Å². The van der Waals surface area contributed by atoms with E-state index in [1.54, 1.807) is 19.1 Å². The fourth-order valence-corrected chi connectivity index (χ4v) is 2.65. The first-order valence-corrected chi connectivity index (χ1v) is 9.42. The zero-order valence-corrected chi connectivity index (χ0v) is 16.6. The van der Waals surface area contributed by atoms with Crippen LogP contribution in [0.2, 0.25) is 0 Å². The van der Waals surface area contributed by atoms with Gasteiger partial charge in [0.05, 0.1) is 0 Å². The minimum Gasteiger partial charge on any atom is -0.481 e. The number of para-hydroxylation sites is 1. The van der Waals surface area contributed by atoms with Gasteiger partial charge in [-0.3, -0.25) is 9.59 Å². The van der Waals surface area contributed by atoms with Crippen LogP contribution in [-0.4, -0.2) is 35.9 Å². The van der Waals surface area contributed by atoms with Crippen LogP contribution in [0.3, 0.4) is 0 Å². The van der Waals surface area contributed by atoms with E-state index in [-0.39, 0.29) is 30.7 Å². The van der Waals surface area contributed by atoms with Gasteiger partial charge < -0.3 is 15.0 Å². The molecule has 0 saturated heterocycles. The average molecular weight is 386 g/mol. The van der Waals surface area contributed by atoms with Crippen molar-refractivity contribution in [1.29, 1.82) is 0 Å². The molecule has 0 spiro atoms. The molecule has 0 aliphatic carbocycles. The maximum absolute atomic E-state index is 13.7. The highest BCUT2D eigenvalue weighted by atomic mass is 19.1. The topological polar surface area (TPSA) is 58.6 Å². The second-order valence-corrected chi connectivity index (χ2v) is 6.69. The van der Waals surface area contributed by atoms with Crippen LogP contribution in [0.25, 0.3) is 0 Å². The second kappa shape index (κ2) is 10.4. The van der Waals surface area contributed by atoms with Crippen molar-refractivity contribution in [3.8, 4) is 5.75 Å². The van der Waals surface area contributed by atoms with Crippen LogP contribution in [0.15, 0.2) is 48.5 Å². The molecule has 0 fully saturated rings. The molecule has 5 nitrogen and oxygen atoms in total. The largest absolute Gasteiger partial charge is 0.481 e. The summed E-state index contributed by atoms with van der Waals surface area (Å²) in [6.07, 6.45) is 0.806. The summed E-state index contributed by atoms with van der Waals surface area (Å²) in [6, 6.07) is 13.0. The van der Waals surface area contributed by atoms with E-state index in [9.17, 15) is 14.0 Å². The highest BCUT2D eigenvalue weighted by Gasteiger charge is 2.26. The van der Waals surface area contributed by atoms with Crippen molar-refractivity contribution in [3.05, 3.63) is 65.5 Å². The predicted molar refractivity (Wildman–Crippen MR) is 106 cm³/mol. The number of ether oxygens (including phenoxy) is 1. The molecular formula is C22H27FN2O3. The molecule has 0 heterocycles. The molecular weight excluding hydrogens is 359 g/mol. The maximum atomic E-state index is 13.7. The molecule has 2 rings (SSSR count). The lowest BCUT2D eigenvalue weighted by Gasteiger charge is -2.28. The van der Waals surface area contributed by atoms with E-state index in [4.69, 9.17) is 4.74 Å². The fraction of sp³-hybridized carbons (Fsp3) is 0.364. The molecule has 2 aromatic rings. The number of carbonyl (C=O) groups excluding carboxylic acids is 2. The van der Waals surface area contributed by atoms with Crippen LogP contribution >= 0.6 is 0 Å².